The molecule has 0 heterocycles. The van der Waals surface area contributed by atoms with Crippen LogP contribution < -0.4 is 0 Å². The lowest BCUT2D eigenvalue weighted by atomic mass is 9.77. The van der Waals surface area contributed by atoms with Crippen molar-refractivity contribution in [1.29, 1.82) is 0 Å². The van der Waals surface area contributed by atoms with Crippen molar-refractivity contribution < 1.29 is 0 Å². The molecule has 0 atom stereocenters. The van der Waals surface area contributed by atoms with Crippen LogP contribution in [0.5, 0.6) is 0 Å². The first-order valence-electron chi connectivity index (χ1n) is 4.40. The van der Waals surface area contributed by atoms with Gasteiger partial charge in [0.1, 0.15) is 0 Å². The van der Waals surface area contributed by atoms with Crippen molar-refractivity contribution >= 4 is 0 Å². The Morgan fingerprint density at radius 2 is 1.08 bits per heavy atom. The standard InChI is InChI=1S/C12H10/c1-2-4-12-10-7-5-9(6-8-10)11(12)3-1/h1-10H. The summed E-state index contributed by atoms with van der Waals surface area (Å²) in [5.41, 5.74) is 2.99. The third-order valence-electron chi connectivity index (χ3n) is 2.77. The van der Waals surface area contributed by atoms with Crippen LogP contribution in [0, 0.1) is 0 Å². The molecule has 0 nitrogen and oxygen atoms in total. The van der Waals surface area contributed by atoms with Crippen LogP contribution in [0.3, 0.4) is 0 Å². The Morgan fingerprint density at radius 1 is 0.667 bits per heavy atom. The van der Waals surface area contributed by atoms with Gasteiger partial charge in [-0.25, -0.2) is 0 Å². The SMILES string of the molecule is C1=CC2C=CC1c1ccccc12. The second-order valence-electron chi connectivity index (χ2n) is 3.45. The maximum absolute atomic E-state index is 2.30. The van der Waals surface area contributed by atoms with Crippen molar-refractivity contribution in [2.45, 2.75) is 11.8 Å². The summed E-state index contributed by atoms with van der Waals surface area (Å²) in [7, 11) is 0. The summed E-state index contributed by atoms with van der Waals surface area (Å²) in [6.45, 7) is 0. The Labute approximate surface area is 72.2 Å². The van der Waals surface area contributed by atoms with Gasteiger partial charge in [-0.1, -0.05) is 48.6 Å². The minimum absolute atomic E-state index is 0.547. The van der Waals surface area contributed by atoms with E-state index in [0.717, 1.165) is 0 Å². The van der Waals surface area contributed by atoms with Crippen LogP contribution in [-0.4, -0.2) is 0 Å². The van der Waals surface area contributed by atoms with Gasteiger partial charge in [0, 0.05) is 11.8 Å². The minimum atomic E-state index is 0.547. The first-order chi connectivity index (χ1) is 5.95. The normalized spacial score (nSPS) is 29.0. The molecule has 0 saturated heterocycles. The van der Waals surface area contributed by atoms with Crippen LogP contribution in [-0.2, 0) is 0 Å². The van der Waals surface area contributed by atoms with Crippen LogP contribution in [0.4, 0.5) is 0 Å². The zero-order chi connectivity index (χ0) is 7.97. The van der Waals surface area contributed by atoms with Crippen molar-refractivity contribution in [3.05, 3.63) is 59.7 Å². The van der Waals surface area contributed by atoms with Gasteiger partial charge in [0.2, 0.25) is 0 Å². The van der Waals surface area contributed by atoms with E-state index < -0.39 is 0 Å². The summed E-state index contributed by atoms with van der Waals surface area (Å²) in [5.74, 6) is 1.09. The molecule has 58 valence electrons. The molecule has 1 aromatic carbocycles. The van der Waals surface area contributed by atoms with Crippen LogP contribution in [0.25, 0.3) is 0 Å². The summed E-state index contributed by atoms with van der Waals surface area (Å²) >= 11 is 0. The van der Waals surface area contributed by atoms with E-state index in [9.17, 15) is 0 Å². The molecule has 3 aliphatic carbocycles. The first kappa shape index (κ1) is 6.24. The van der Waals surface area contributed by atoms with E-state index in [-0.39, 0.29) is 0 Å². The highest BCUT2D eigenvalue weighted by atomic mass is 14.3. The van der Waals surface area contributed by atoms with Gasteiger partial charge in [-0.05, 0) is 11.1 Å². The maximum atomic E-state index is 2.30. The van der Waals surface area contributed by atoms with E-state index in [0.29, 0.717) is 11.8 Å². The Hall–Kier alpha value is -1.30. The Kier molecular flexibility index (Phi) is 1.09. The molecule has 0 amide bonds. The molecule has 2 bridgehead atoms. The van der Waals surface area contributed by atoms with Gasteiger partial charge in [0.15, 0.2) is 0 Å². The molecule has 0 spiro atoms. The van der Waals surface area contributed by atoms with Gasteiger partial charge in [-0.15, -0.1) is 0 Å². The smallest absolute Gasteiger partial charge is 0.0202 e. The summed E-state index contributed by atoms with van der Waals surface area (Å²) in [4.78, 5) is 0. The summed E-state index contributed by atoms with van der Waals surface area (Å²) in [6, 6.07) is 8.72. The first-order valence-corrected chi connectivity index (χ1v) is 4.40. The molecule has 0 radical (unpaired) electrons. The zero-order valence-electron chi connectivity index (χ0n) is 6.77. The van der Waals surface area contributed by atoms with Crippen molar-refractivity contribution in [3.8, 4) is 0 Å². The van der Waals surface area contributed by atoms with Gasteiger partial charge in [0.25, 0.3) is 0 Å². The Bertz CT molecular complexity index is 322. The fraction of sp³-hybridized carbons (Fsp3) is 0.167. The quantitative estimate of drug-likeness (QED) is 0.504. The number of hydrogen-bond acceptors (Lipinski definition) is 0. The van der Waals surface area contributed by atoms with Crippen molar-refractivity contribution in [2.24, 2.45) is 0 Å². The predicted octanol–water partition coefficient (Wildman–Crippen LogP) is 2.99. The van der Waals surface area contributed by atoms with Crippen LogP contribution in [0.1, 0.15) is 23.0 Å². The van der Waals surface area contributed by atoms with E-state index in [1.807, 2.05) is 0 Å². The molecule has 1 aromatic rings. The van der Waals surface area contributed by atoms with Crippen molar-refractivity contribution in [2.75, 3.05) is 0 Å². The Morgan fingerprint density at radius 3 is 1.50 bits per heavy atom. The lowest BCUT2D eigenvalue weighted by molar-refractivity contribution is 0.878. The molecule has 0 aromatic heterocycles. The number of hydrogen-bond donors (Lipinski definition) is 0. The van der Waals surface area contributed by atoms with E-state index >= 15 is 0 Å². The number of benzene rings is 1. The highest BCUT2D eigenvalue weighted by molar-refractivity contribution is 5.49. The number of rotatable bonds is 0. The van der Waals surface area contributed by atoms with Gasteiger partial charge in [-0.3, -0.25) is 0 Å². The van der Waals surface area contributed by atoms with Crippen molar-refractivity contribution in [1.82, 2.24) is 0 Å². The van der Waals surface area contributed by atoms with E-state index in [1.54, 1.807) is 0 Å². The fourth-order valence-electron chi connectivity index (χ4n) is 2.14. The van der Waals surface area contributed by atoms with Crippen LogP contribution >= 0.6 is 0 Å². The van der Waals surface area contributed by atoms with Crippen LogP contribution in [0.2, 0.25) is 0 Å². The van der Waals surface area contributed by atoms with Gasteiger partial charge in [0.05, 0.1) is 0 Å². The van der Waals surface area contributed by atoms with Crippen LogP contribution in [0.15, 0.2) is 48.6 Å². The largest absolute Gasteiger partial charge is 0.0763 e. The molecule has 0 aliphatic heterocycles. The molecule has 12 heavy (non-hydrogen) atoms. The molecule has 0 unspecified atom stereocenters. The summed E-state index contributed by atoms with van der Waals surface area (Å²) < 4.78 is 0. The number of allylic oxidation sites excluding steroid dienone is 4. The second kappa shape index (κ2) is 2.10. The Balaban J connectivity index is 2.28. The third kappa shape index (κ3) is 0.672. The highest BCUT2D eigenvalue weighted by Gasteiger charge is 2.22. The lowest BCUT2D eigenvalue weighted by Crippen LogP contribution is -2.11. The van der Waals surface area contributed by atoms with E-state index in [4.69, 9.17) is 0 Å². The average Bonchev–Trinajstić information content (AvgIpc) is 2.20. The summed E-state index contributed by atoms with van der Waals surface area (Å²) in [6.07, 6.45) is 9.19. The van der Waals surface area contributed by atoms with Gasteiger partial charge in [-0.2, -0.15) is 0 Å². The molecule has 0 saturated carbocycles. The van der Waals surface area contributed by atoms with E-state index in [1.165, 1.54) is 11.1 Å². The topological polar surface area (TPSA) is 0 Å². The molecule has 0 heteroatoms. The predicted molar refractivity (Wildman–Crippen MR) is 50.2 cm³/mol. The minimum Gasteiger partial charge on any atom is -0.0763 e. The average molecular weight is 154 g/mol. The lowest BCUT2D eigenvalue weighted by Gasteiger charge is -2.28. The van der Waals surface area contributed by atoms with E-state index in [2.05, 4.69) is 48.6 Å². The molecule has 3 aliphatic rings. The molecule has 4 rings (SSSR count). The molecule has 0 N–H and O–H groups in total. The van der Waals surface area contributed by atoms with Crippen molar-refractivity contribution in [3.63, 3.8) is 0 Å². The zero-order valence-corrected chi connectivity index (χ0v) is 6.77. The maximum Gasteiger partial charge on any atom is 0.0202 e. The monoisotopic (exact) mass is 154 g/mol. The van der Waals surface area contributed by atoms with Gasteiger partial charge >= 0.3 is 0 Å². The van der Waals surface area contributed by atoms with Gasteiger partial charge < -0.3 is 0 Å². The second-order valence-corrected chi connectivity index (χ2v) is 3.45. The highest BCUT2D eigenvalue weighted by Crippen LogP contribution is 2.39. The summed E-state index contributed by atoms with van der Waals surface area (Å²) in [5, 5.41) is 0. The fourth-order valence-corrected chi connectivity index (χ4v) is 2.14. The molecular formula is C12H10. The molecular weight excluding hydrogens is 144 g/mol. The third-order valence-corrected chi connectivity index (χ3v) is 2.77. The molecule has 0 fully saturated rings.